The molecule has 0 amide bonds. The van der Waals surface area contributed by atoms with Crippen LogP contribution in [-0.2, 0) is 0 Å². The van der Waals surface area contributed by atoms with Crippen molar-refractivity contribution in [1.82, 2.24) is 9.38 Å². The van der Waals surface area contributed by atoms with Crippen molar-refractivity contribution in [3.63, 3.8) is 0 Å². The van der Waals surface area contributed by atoms with E-state index in [4.69, 9.17) is 4.74 Å². The molecule has 3 nitrogen and oxygen atoms in total. The molecule has 2 rings (SSSR count). The van der Waals surface area contributed by atoms with Gasteiger partial charge in [-0.2, -0.15) is 0 Å². The van der Waals surface area contributed by atoms with E-state index in [0.29, 0.717) is 0 Å². The number of fused-ring (bicyclic) bond motifs is 1. The molecule has 0 atom stereocenters. The van der Waals surface area contributed by atoms with E-state index >= 15 is 0 Å². The summed E-state index contributed by atoms with van der Waals surface area (Å²) in [7, 11) is 1.66. The lowest BCUT2D eigenvalue weighted by atomic mass is 10.4. The second-order valence-corrected chi connectivity index (χ2v) is 4.49. The molecule has 0 spiro atoms. The Morgan fingerprint density at radius 2 is 2.31 bits per heavy atom. The Labute approximate surface area is 97.4 Å². The van der Waals surface area contributed by atoms with Crippen LogP contribution in [0.1, 0.15) is 0 Å². The number of hydrogen-bond donors (Lipinski definition) is 0. The number of methoxy groups -OCH3 is 1. The van der Waals surface area contributed by atoms with Crippen LogP contribution in [0.25, 0.3) is 5.65 Å². The topological polar surface area (TPSA) is 26.5 Å². The van der Waals surface area contributed by atoms with Gasteiger partial charge >= 0.3 is 0 Å². The highest BCUT2D eigenvalue weighted by atomic mass is 127. The third kappa shape index (κ3) is 1.67. The number of rotatable bonds is 1. The number of nitrogens with zero attached hydrogens (tertiary/aromatic N) is 2. The molecule has 0 bridgehead atoms. The average Bonchev–Trinajstić information content (AvgIpc) is 2.42. The van der Waals surface area contributed by atoms with Crippen LogP contribution >= 0.6 is 38.5 Å². The van der Waals surface area contributed by atoms with Gasteiger partial charge in [0, 0.05) is 18.5 Å². The Kier molecular flexibility index (Phi) is 2.46. The van der Waals surface area contributed by atoms with Gasteiger partial charge in [-0.15, -0.1) is 0 Å². The van der Waals surface area contributed by atoms with Gasteiger partial charge in [-0.3, -0.25) is 0 Å². The average molecular weight is 353 g/mol. The van der Waals surface area contributed by atoms with Gasteiger partial charge in [0.25, 0.3) is 0 Å². The summed E-state index contributed by atoms with van der Waals surface area (Å²) in [6, 6.07) is 1.91. The monoisotopic (exact) mass is 352 g/mol. The number of aromatic nitrogens is 2. The molecule has 68 valence electrons. The Hall–Kier alpha value is -0.300. The normalized spacial score (nSPS) is 10.7. The maximum atomic E-state index is 5.19. The van der Waals surface area contributed by atoms with Crippen molar-refractivity contribution < 1.29 is 4.74 Å². The molecule has 0 saturated heterocycles. The molecule has 2 aromatic heterocycles. The van der Waals surface area contributed by atoms with E-state index in [0.717, 1.165) is 19.6 Å². The number of hydrogen-bond acceptors (Lipinski definition) is 2. The van der Waals surface area contributed by atoms with Crippen LogP contribution in [0.5, 0.6) is 5.75 Å². The van der Waals surface area contributed by atoms with Crippen LogP contribution in [0.2, 0.25) is 0 Å². The minimum atomic E-state index is 0.830. The first-order valence-electron chi connectivity index (χ1n) is 3.58. The Morgan fingerprint density at radius 1 is 1.54 bits per heavy atom. The number of ether oxygens (including phenoxy) is 1. The maximum Gasteiger partial charge on any atom is 0.141 e. The lowest BCUT2D eigenvalue weighted by Crippen LogP contribution is -1.90. The standard InChI is InChI=1S/C8H6BrIN2O/c1-13-6-2-8-11-7(9)4-12(8)3-5(6)10/h2-4H,1H3. The van der Waals surface area contributed by atoms with Gasteiger partial charge in [-0.05, 0) is 38.5 Å². The van der Waals surface area contributed by atoms with Crippen molar-refractivity contribution in [2.24, 2.45) is 0 Å². The second kappa shape index (κ2) is 3.45. The summed E-state index contributed by atoms with van der Waals surface area (Å²) in [5, 5.41) is 0. The van der Waals surface area contributed by atoms with Crippen LogP contribution in [-0.4, -0.2) is 16.5 Å². The zero-order valence-corrected chi connectivity index (χ0v) is 10.5. The van der Waals surface area contributed by atoms with Crippen molar-refractivity contribution in [2.45, 2.75) is 0 Å². The van der Waals surface area contributed by atoms with Crippen LogP contribution in [0.4, 0.5) is 0 Å². The summed E-state index contributed by atoms with van der Waals surface area (Å²) in [4.78, 5) is 4.26. The van der Waals surface area contributed by atoms with Gasteiger partial charge in [-0.1, -0.05) is 0 Å². The summed E-state index contributed by atoms with van der Waals surface area (Å²) in [6.07, 6.45) is 3.89. The molecule has 0 aliphatic carbocycles. The smallest absolute Gasteiger partial charge is 0.141 e. The van der Waals surface area contributed by atoms with E-state index in [1.165, 1.54) is 0 Å². The van der Waals surface area contributed by atoms with Crippen molar-refractivity contribution in [3.05, 3.63) is 26.6 Å². The summed E-state index contributed by atoms with van der Waals surface area (Å²) in [5.74, 6) is 0.853. The van der Waals surface area contributed by atoms with Gasteiger partial charge in [0.05, 0.1) is 10.7 Å². The molecule has 0 aliphatic rings. The zero-order chi connectivity index (χ0) is 9.42. The highest BCUT2D eigenvalue weighted by molar-refractivity contribution is 14.1. The van der Waals surface area contributed by atoms with Crippen molar-refractivity contribution in [1.29, 1.82) is 0 Å². The van der Waals surface area contributed by atoms with E-state index in [1.807, 2.05) is 22.9 Å². The fraction of sp³-hybridized carbons (Fsp3) is 0.125. The molecular weight excluding hydrogens is 347 g/mol. The molecule has 0 unspecified atom stereocenters. The molecule has 0 radical (unpaired) electrons. The molecule has 5 heteroatoms. The van der Waals surface area contributed by atoms with Gasteiger partial charge in [-0.25, -0.2) is 4.98 Å². The minimum absolute atomic E-state index is 0.830. The van der Waals surface area contributed by atoms with Crippen molar-refractivity contribution in [3.8, 4) is 5.75 Å². The summed E-state index contributed by atoms with van der Waals surface area (Å²) >= 11 is 5.55. The van der Waals surface area contributed by atoms with Gasteiger partial charge < -0.3 is 9.14 Å². The lowest BCUT2D eigenvalue weighted by molar-refractivity contribution is 0.411. The predicted octanol–water partition coefficient (Wildman–Crippen LogP) is 2.71. The largest absolute Gasteiger partial charge is 0.495 e. The summed E-state index contributed by atoms with van der Waals surface area (Å²) in [5.41, 5.74) is 0.879. The zero-order valence-electron chi connectivity index (χ0n) is 6.79. The molecule has 0 N–H and O–H groups in total. The first-order chi connectivity index (χ1) is 6.20. The Morgan fingerprint density at radius 3 is 3.00 bits per heavy atom. The molecule has 0 aliphatic heterocycles. The van der Waals surface area contributed by atoms with E-state index in [1.54, 1.807) is 7.11 Å². The van der Waals surface area contributed by atoms with Gasteiger partial charge in [0.15, 0.2) is 0 Å². The van der Waals surface area contributed by atoms with Gasteiger partial charge in [0.2, 0.25) is 0 Å². The van der Waals surface area contributed by atoms with E-state index in [2.05, 4.69) is 43.5 Å². The quantitative estimate of drug-likeness (QED) is 0.738. The predicted molar refractivity (Wildman–Crippen MR) is 62.2 cm³/mol. The lowest BCUT2D eigenvalue weighted by Gasteiger charge is -2.02. The Bertz CT molecular complexity index is 455. The molecule has 0 saturated carbocycles. The summed E-state index contributed by atoms with van der Waals surface area (Å²) in [6.45, 7) is 0. The van der Waals surface area contributed by atoms with Crippen LogP contribution < -0.4 is 4.74 Å². The second-order valence-electron chi connectivity index (χ2n) is 2.52. The van der Waals surface area contributed by atoms with Crippen LogP contribution in [0.15, 0.2) is 23.1 Å². The van der Waals surface area contributed by atoms with Crippen molar-refractivity contribution >= 4 is 44.2 Å². The summed E-state index contributed by atoms with van der Waals surface area (Å²) < 4.78 is 9.04. The van der Waals surface area contributed by atoms with Crippen LogP contribution in [0, 0.1) is 3.57 Å². The third-order valence-corrected chi connectivity index (χ3v) is 2.89. The fourth-order valence-electron chi connectivity index (χ4n) is 1.12. The molecule has 0 fully saturated rings. The molecule has 13 heavy (non-hydrogen) atoms. The fourth-order valence-corrected chi connectivity index (χ4v) is 2.19. The van der Waals surface area contributed by atoms with E-state index < -0.39 is 0 Å². The Balaban J connectivity index is 2.72. The first kappa shape index (κ1) is 9.26. The molecular formula is C8H6BrIN2O. The number of halogens is 2. The van der Waals surface area contributed by atoms with Gasteiger partial charge in [0.1, 0.15) is 16.0 Å². The minimum Gasteiger partial charge on any atom is -0.495 e. The highest BCUT2D eigenvalue weighted by Gasteiger charge is 2.04. The number of pyridine rings is 1. The first-order valence-corrected chi connectivity index (χ1v) is 5.45. The molecule has 0 aromatic carbocycles. The van der Waals surface area contributed by atoms with Crippen molar-refractivity contribution in [2.75, 3.05) is 7.11 Å². The molecule has 2 heterocycles. The SMILES string of the molecule is COc1cc2nc(Br)cn2cc1I. The van der Waals surface area contributed by atoms with E-state index in [9.17, 15) is 0 Å². The van der Waals surface area contributed by atoms with E-state index in [-0.39, 0.29) is 0 Å². The highest BCUT2D eigenvalue weighted by Crippen LogP contribution is 2.23. The number of imidazole rings is 1. The third-order valence-electron chi connectivity index (χ3n) is 1.70. The van der Waals surface area contributed by atoms with Crippen LogP contribution in [0.3, 0.4) is 0 Å². The maximum absolute atomic E-state index is 5.19. The molecule has 2 aromatic rings.